The Labute approximate surface area is 99.0 Å². The summed E-state index contributed by atoms with van der Waals surface area (Å²) in [5, 5.41) is 0. The van der Waals surface area contributed by atoms with Gasteiger partial charge in [0.25, 0.3) is 0 Å². The van der Waals surface area contributed by atoms with Crippen LogP contribution in [0, 0.1) is 5.92 Å². The Morgan fingerprint density at radius 1 is 1.19 bits per heavy atom. The van der Waals surface area contributed by atoms with Crippen molar-refractivity contribution in [2.45, 2.75) is 65.5 Å². The van der Waals surface area contributed by atoms with Crippen molar-refractivity contribution in [2.24, 2.45) is 5.92 Å². The van der Waals surface area contributed by atoms with Gasteiger partial charge in [-0.25, -0.2) is 0 Å². The SMILES string of the molecule is CC(=O)CC(C)CB1OC(C)(C)C(C)(C)O1. The lowest BCUT2D eigenvalue weighted by atomic mass is 9.76. The van der Waals surface area contributed by atoms with Gasteiger partial charge < -0.3 is 14.1 Å². The van der Waals surface area contributed by atoms with E-state index in [2.05, 4.69) is 6.92 Å². The van der Waals surface area contributed by atoms with Gasteiger partial charge in [-0.05, 0) is 46.9 Å². The van der Waals surface area contributed by atoms with Gasteiger partial charge >= 0.3 is 7.12 Å². The van der Waals surface area contributed by atoms with Gasteiger partial charge in [0, 0.05) is 6.42 Å². The molecule has 1 heterocycles. The molecule has 0 aromatic heterocycles. The minimum atomic E-state index is -0.270. The number of Topliss-reactive ketones (excluding diaryl/α,β-unsaturated/α-hetero) is 1. The normalized spacial score (nSPS) is 24.5. The van der Waals surface area contributed by atoms with E-state index >= 15 is 0 Å². The highest BCUT2D eigenvalue weighted by atomic mass is 16.7. The van der Waals surface area contributed by atoms with E-state index in [-0.39, 0.29) is 24.1 Å². The van der Waals surface area contributed by atoms with Crippen molar-refractivity contribution in [3.8, 4) is 0 Å². The average molecular weight is 226 g/mol. The van der Waals surface area contributed by atoms with Crippen LogP contribution in [0.1, 0.15) is 48.0 Å². The van der Waals surface area contributed by atoms with Crippen molar-refractivity contribution in [3.05, 3.63) is 0 Å². The first-order valence-corrected chi connectivity index (χ1v) is 5.99. The zero-order valence-corrected chi connectivity index (χ0v) is 11.3. The smallest absolute Gasteiger partial charge is 0.403 e. The molecule has 0 spiro atoms. The largest absolute Gasteiger partial charge is 0.458 e. The fourth-order valence-electron chi connectivity index (χ4n) is 1.96. The van der Waals surface area contributed by atoms with Crippen molar-refractivity contribution in [1.82, 2.24) is 0 Å². The van der Waals surface area contributed by atoms with Gasteiger partial charge in [0.2, 0.25) is 0 Å². The quantitative estimate of drug-likeness (QED) is 0.691. The van der Waals surface area contributed by atoms with Crippen LogP contribution in [0.3, 0.4) is 0 Å². The molecule has 16 heavy (non-hydrogen) atoms. The third-order valence-corrected chi connectivity index (χ3v) is 3.53. The molecule has 0 amide bonds. The highest BCUT2D eigenvalue weighted by Gasteiger charge is 2.50. The molecule has 1 saturated heterocycles. The van der Waals surface area contributed by atoms with Crippen molar-refractivity contribution >= 4 is 12.9 Å². The van der Waals surface area contributed by atoms with Gasteiger partial charge in [0.1, 0.15) is 5.78 Å². The molecule has 0 saturated carbocycles. The third kappa shape index (κ3) is 3.08. The molecule has 0 aromatic rings. The maximum Gasteiger partial charge on any atom is 0.458 e. The summed E-state index contributed by atoms with van der Waals surface area (Å²) >= 11 is 0. The Hall–Kier alpha value is -0.345. The molecule has 92 valence electrons. The lowest BCUT2D eigenvalue weighted by Crippen LogP contribution is -2.41. The summed E-state index contributed by atoms with van der Waals surface area (Å²) in [5.74, 6) is 0.538. The molecule has 0 radical (unpaired) electrons. The van der Waals surface area contributed by atoms with E-state index < -0.39 is 0 Å². The van der Waals surface area contributed by atoms with Crippen LogP contribution in [0.4, 0.5) is 0 Å². The average Bonchev–Trinajstić information content (AvgIpc) is 2.16. The molecule has 0 N–H and O–H groups in total. The Morgan fingerprint density at radius 3 is 2.00 bits per heavy atom. The number of carbonyl (C=O) groups is 1. The van der Waals surface area contributed by atoms with E-state index in [1.807, 2.05) is 27.7 Å². The van der Waals surface area contributed by atoms with Crippen LogP contribution in [0.5, 0.6) is 0 Å². The van der Waals surface area contributed by atoms with Crippen LogP contribution in [-0.4, -0.2) is 24.1 Å². The van der Waals surface area contributed by atoms with Gasteiger partial charge in [-0.3, -0.25) is 0 Å². The zero-order chi connectivity index (χ0) is 12.6. The van der Waals surface area contributed by atoms with Crippen LogP contribution < -0.4 is 0 Å². The summed E-state index contributed by atoms with van der Waals surface area (Å²) in [6.45, 7) is 11.9. The second-order valence-corrected chi connectivity index (χ2v) is 5.93. The van der Waals surface area contributed by atoms with Crippen LogP contribution >= 0.6 is 0 Å². The van der Waals surface area contributed by atoms with Crippen molar-refractivity contribution in [2.75, 3.05) is 0 Å². The lowest BCUT2D eigenvalue weighted by Gasteiger charge is -2.32. The monoisotopic (exact) mass is 226 g/mol. The second kappa shape index (κ2) is 4.50. The highest BCUT2D eigenvalue weighted by molar-refractivity contribution is 6.45. The van der Waals surface area contributed by atoms with Gasteiger partial charge in [0.15, 0.2) is 0 Å². The summed E-state index contributed by atoms with van der Waals surface area (Å²) < 4.78 is 11.8. The molecule has 4 heteroatoms. The number of rotatable bonds is 4. The molecular formula is C12H23BO3. The standard InChI is InChI=1S/C12H23BO3/c1-9(7-10(2)14)8-13-15-11(3,4)12(5,6)16-13/h9H,7-8H2,1-6H3. The van der Waals surface area contributed by atoms with Crippen LogP contribution in [-0.2, 0) is 14.1 Å². The first-order valence-electron chi connectivity index (χ1n) is 5.99. The predicted octanol–water partition coefficient (Wildman–Crippen LogP) is 2.69. The van der Waals surface area contributed by atoms with Crippen molar-refractivity contribution in [1.29, 1.82) is 0 Å². The van der Waals surface area contributed by atoms with Gasteiger partial charge in [0.05, 0.1) is 11.2 Å². The Morgan fingerprint density at radius 2 is 1.62 bits per heavy atom. The number of hydrogen-bond donors (Lipinski definition) is 0. The molecule has 1 atom stereocenters. The van der Waals surface area contributed by atoms with E-state index in [0.717, 1.165) is 6.32 Å². The van der Waals surface area contributed by atoms with Gasteiger partial charge in [-0.1, -0.05) is 6.92 Å². The number of ketones is 1. The predicted molar refractivity (Wildman–Crippen MR) is 65.4 cm³/mol. The molecule has 1 aliphatic rings. The molecule has 1 unspecified atom stereocenters. The molecule has 0 aromatic carbocycles. The maximum absolute atomic E-state index is 11.0. The third-order valence-electron chi connectivity index (χ3n) is 3.53. The molecular weight excluding hydrogens is 203 g/mol. The zero-order valence-electron chi connectivity index (χ0n) is 11.3. The lowest BCUT2D eigenvalue weighted by molar-refractivity contribution is -0.117. The van der Waals surface area contributed by atoms with Crippen molar-refractivity contribution in [3.63, 3.8) is 0 Å². The molecule has 1 fully saturated rings. The van der Waals surface area contributed by atoms with E-state index in [0.29, 0.717) is 12.3 Å². The first kappa shape index (κ1) is 13.7. The number of carbonyl (C=O) groups excluding carboxylic acids is 1. The van der Waals surface area contributed by atoms with Gasteiger partial charge in [-0.2, -0.15) is 0 Å². The molecule has 1 aliphatic heterocycles. The fourth-order valence-corrected chi connectivity index (χ4v) is 1.96. The van der Waals surface area contributed by atoms with E-state index in [4.69, 9.17) is 9.31 Å². The number of hydrogen-bond acceptors (Lipinski definition) is 3. The highest BCUT2D eigenvalue weighted by Crippen LogP contribution is 2.38. The van der Waals surface area contributed by atoms with Crippen LogP contribution in [0.15, 0.2) is 0 Å². The van der Waals surface area contributed by atoms with Crippen molar-refractivity contribution < 1.29 is 14.1 Å². The van der Waals surface area contributed by atoms with E-state index in [1.165, 1.54) is 0 Å². The van der Waals surface area contributed by atoms with Crippen LogP contribution in [0.2, 0.25) is 6.32 Å². The molecule has 1 rings (SSSR count). The van der Waals surface area contributed by atoms with Gasteiger partial charge in [-0.15, -0.1) is 0 Å². The topological polar surface area (TPSA) is 35.5 Å². The Balaban J connectivity index is 2.51. The molecule has 3 nitrogen and oxygen atoms in total. The summed E-state index contributed by atoms with van der Waals surface area (Å²) in [5.41, 5.74) is -0.540. The molecule has 0 bridgehead atoms. The summed E-state index contributed by atoms with van der Waals surface area (Å²) in [7, 11) is -0.181. The minimum Gasteiger partial charge on any atom is -0.403 e. The second-order valence-electron chi connectivity index (χ2n) is 5.93. The summed E-state index contributed by atoms with van der Waals surface area (Å²) in [4.78, 5) is 11.0. The summed E-state index contributed by atoms with van der Waals surface area (Å²) in [6, 6.07) is 0. The van der Waals surface area contributed by atoms with E-state index in [1.54, 1.807) is 6.92 Å². The maximum atomic E-state index is 11.0. The van der Waals surface area contributed by atoms with E-state index in [9.17, 15) is 4.79 Å². The Kier molecular flexibility index (Phi) is 3.85. The first-order chi connectivity index (χ1) is 7.14. The molecule has 0 aliphatic carbocycles. The minimum absolute atomic E-state index is 0.181. The Bertz CT molecular complexity index is 257. The van der Waals surface area contributed by atoms with Crippen LogP contribution in [0.25, 0.3) is 0 Å². The summed E-state index contributed by atoms with van der Waals surface area (Å²) in [6.07, 6.45) is 1.39. The fraction of sp³-hybridized carbons (Fsp3) is 0.917.